The van der Waals surface area contributed by atoms with E-state index >= 15 is 0 Å². The van der Waals surface area contributed by atoms with Crippen LogP contribution in [-0.4, -0.2) is 29.3 Å². The van der Waals surface area contributed by atoms with E-state index < -0.39 is 18.2 Å². The molecule has 1 atom stereocenters. The van der Waals surface area contributed by atoms with Gasteiger partial charge in [0.05, 0.1) is 0 Å². The first-order valence-electron chi connectivity index (χ1n) is 10.9. The van der Waals surface area contributed by atoms with Crippen molar-refractivity contribution in [2.45, 2.75) is 139 Å². The topological polar surface area (TPSA) is 52.9 Å². The molecule has 172 valence electrons. The minimum Gasteiger partial charge on any atom is -0.675 e. The summed E-state index contributed by atoms with van der Waals surface area (Å²) in [5.41, 5.74) is 0.216. The van der Waals surface area contributed by atoms with E-state index in [2.05, 4.69) is 115 Å². The van der Waals surface area contributed by atoms with Gasteiger partial charge in [0.25, 0.3) is 0 Å². The van der Waals surface area contributed by atoms with E-state index in [1.165, 1.54) is 6.42 Å². The maximum atomic E-state index is 4.62. The van der Waals surface area contributed by atoms with Crippen molar-refractivity contribution in [2.75, 3.05) is 0 Å². The summed E-state index contributed by atoms with van der Waals surface area (Å²) >= 11 is -0.473. The Bertz CT molecular complexity index is 370. The molecule has 0 aliphatic rings. The van der Waals surface area contributed by atoms with E-state index in [1.54, 1.807) is 0 Å². The van der Waals surface area contributed by atoms with Crippen LogP contribution in [0.2, 0.25) is 0 Å². The van der Waals surface area contributed by atoms with Crippen LogP contribution in [0.1, 0.15) is 109 Å². The van der Waals surface area contributed by atoms with Crippen molar-refractivity contribution in [1.82, 2.24) is 0 Å². The van der Waals surface area contributed by atoms with E-state index in [1.807, 2.05) is 0 Å². The predicted octanol–water partition coefficient (Wildman–Crippen LogP) is 8.58. The molecule has 4 nitrogen and oxygen atoms in total. The largest absolute Gasteiger partial charge is 0.675 e. The van der Waals surface area contributed by atoms with Crippen molar-refractivity contribution < 1.29 is 18.2 Å². The van der Waals surface area contributed by atoms with E-state index in [-0.39, 0.29) is 17.2 Å². The second-order valence-electron chi connectivity index (χ2n) is 9.74. The van der Waals surface area contributed by atoms with Crippen molar-refractivity contribution in [2.24, 2.45) is 12.9 Å². The predicted molar refractivity (Wildman–Crippen MR) is 125 cm³/mol. The van der Waals surface area contributed by atoms with E-state index in [0.717, 1.165) is 12.8 Å². The van der Waals surface area contributed by atoms with E-state index in [4.69, 9.17) is 0 Å². The van der Waals surface area contributed by atoms with Gasteiger partial charge in [-0.3, -0.25) is 0 Å². The molecule has 0 saturated carbocycles. The molecule has 0 fully saturated rings. The van der Waals surface area contributed by atoms with Gasteiger partial charge in [-0.15, -0.1) is 12.1 Å². The maximum absolute atomic E-state index is 4.62. The number of hydrogen-bond acceptors (Lipinski definition) is 2. The fourth-order valence-corrected chi connectivity index (χ4v) is 2.72. The molecule has 0 aromatic rings. The summed E-state index contributed by atoms with van der Waals surface area (Å²) in [5.74, 6) is 0.574. The smallest absolute Gasteiger partial charge is 0.0566 e. The zero-order chi connectivity index (χ0) is 23.0. The molecule has 0 radical (unpaired) electrons. The van der Waals surface area contributed by atoms with Crippen LogP contribution in [-0.2, 0) is 18.2 Å². The second kappa shape index (κ2) is 18.0. The SMILES string of the molecule is CC(C)(C)[N]=[Mo]=[N]C(C)(C)C.CCC(C)C([N-]C(C)C)[N-]C(C)C.[CH2-]CCC. The quantitative estimate of drug-likeness (QED) is 0.259. The Morgan fingerprint density at radius 1 is 0.786 bits per heavy atom. The van der Waals surface area contributed by atoms with Crippen LogP contribution in [0.15, 0.2) is 6.99 Å². The Kier molecular flexibility index (Phi) is 21.1. The monoisotopic (exact) mass is 481 g/mol. The number of unbranched alkanes of at least 4 members (excludes halogenated alkanes) is 1. The van der Waals surface area contributed by atoms with Crippen LogP contribution < -0.4 is 0 Å². The summed E-state index contributed by atoms with van der Waals surface area (Å²) in [5, 5.41) is 9.24. The molecule has 0 heterocycles. The molecule has 0 aliphatic carbocycles. The van der Waals surface area contributed by atoms with Gasteiger partial charge < -0.3 is 17.6 Å². The second-order valence-corrected chi connectivity index (χ2v) is 11.0. The Morgan fingerprint density at radius 2 is 1.11 bits per heavy atom. The molecule has 0 rings (SSSR count). The summed E-state index contributed by atoms with van der Waals surface area (Å²) in [6.07, 6.45) is 3.63. The summed E-state index contributed by atoms with van der Waals surface area (Å²) in [6, 6.07) is 0.781. The Balaban J connectivity index is -0.000000378. The molecule has 1 unspecified atom stereocenters. The number of nitrogens with zero attached hydrogens (tertiary/aromatic N) is 4. The van der Waals surface area contributed by atoms with Crippen LogP contribution in [0.5, 0.6) is 0 Å². The van der Waals surface area contributed by atoms with Crippen molar-refractivity contribution in [3.8, 4) is 0 Å². The van der Waals surface area contributed by atoms with Crippen LogP contribution in [0, 0.1) is 12.8 Å². The zero-order valence-corrected chi connectivity index (χ0v) is 23.3. The summed E-state index contributed by atoms with van der Waals surface area (Å²) in [4.78, 5) is 0. The molecular weight excluding hydrogens is 428 g/mol. The van der Waals surface area contributed by atoms with Gasteiger partial charge in [-0.2, -0.15) is 6.42 Å². The average Bonchev–Trinajstić information content (AvgIpc) is 2.51. The molecule has 0 amide bonds. The Hall–Kier alpha value is 0.208. The van der Waals surface area contributed by atoms with Gasteiger partial charge in [0.2, 0.25) is 0 Å². The zero-order valence-electron chi connectivity index (χ0n) is 21.3. The maximum Gasteiger partial charge on any atom is -0.0566 e. The molecular formula is C23H51MoN4-3. The van der Waals surface area contributed by atoms with Gasteiger partial charge in [0.15, 0.2) is 0 Å². The molecule has 0 bridgehead atoms. The van der Waals surface area contributed by atoms with Gasteiger partial charge in [-0.05, 0) is 0 Å². The molecule has 0 N–H and O–H groups in total. The standard InChI is InChI=1S/C11H24N2.2C4H9N.C4H9.Mo/c1-7-10(6)11(12-8(2)3)13-9(4)5;2*1-4(2,3)5;1-3-4-2;/h8-11H,7H2,1-6H3;2*1-3H3;1,3-4H2,2H3;/q-2;;;-1;. The van der Waals surface area contributed by atoms with Crippen LogP contribution >= 0.6 is 0 Å². The molecule has 0 aromatic carbocycles. The molecule has 28 heavy (non-hydrogen) atoms. The molecule has 0 aromatic heterocycles. The van der Waals surface area contributed by atoms with Crippen LogP contribution in [0.25, 0.3) is 10.6 Å². The molecule has 0 aliphatic heterocycles. The van der Waals surface area contributed by atoms with Crippen molar-refractivity contribution in [3.63, 3.8) is 0 Å². The molecule has 0 saturated heterocycles. The number of rotatable bonds is 7. The third kappa shape index (κ3) is 30.9. The molecule has 0 spiro atoms. The Morgan fingerprint density at radius 3 is 1.29 bits per heavy atom. The van der Waals surface area contributed by atoms with E-state index in [9.17, 15) is 0 Å². The van der Waals surface area contributed by atoms with Crippen LogP contribution in [0.4, 0.5) is 0 Å². The van der Waals surface area contributed by atoms with Gasteiger partial charge >= 0.3 is 77.8 Å². The fourth-order valence-electron chi connectivity index (χ4n) is 1.42. The third-order valence-electron chi connectivity index (χ3n) is 3.04. The van der Waals surface area contributed by atoms with Crippen molar-refractivity contribution in [3.05, 3.63) is 17.6 Å². The number of hydrogen-bond donors (Lipinski definition) is 0. The average molecular weight is 480 g/mol. The summed E-state index contributed by atoms with van der Waals surface area (Å²) in [6.45, 7) is 31.3. The van der Waals surface area contributed by atoms with Crippen LogP contribution in [0.3, 0.4) is 0 Å². The van der Waals surface area contributed by atoms with Gasteiger partial charge in [-0.1, -0.05) is 67.2 Å². The molecule has 5 heteroatoms. The van der Waals surface area contributed by atoms with Gasteiger partial charge in [-0.25, -0.2) is 6.17 Å². The first kappa shape index (κ1) is 32.9. The van der Waals surface area contributed by atoms with Gasteiger partial charge in [0.1, 0.15) is 0 Å². The summed E-state index contributed by atoms with van der Waals surface area (Å²) < 4.78 is 9.01. The fraction of sp³-hybridized carbons (Fsp3) is 0.957. The minimum absolute atomic E-state index is 0.108. The van der Waals surface area contributed by atoms with E-state index in [0.29, 0.717) is 18.0 Å². The van der Waals surface area contributed by atoms with Crippen molar-refractivity contribution >= 4 is 0 Å². The van der Waals surface area contributed by atoms with Gasteiger partial charge in [0, 0.05) is 0 Å². The minimum atomic E-state index is -0.473. The van der Waals surface area contributed by atoms with Crippen molar-refractivity contribution in [1.29, 1.82) is 0 Å². The first-order valence-corrected chi connectivity index (χ1v) is 12.7. The summed E-state index contributed by atoms with van der Waals surface area (Å²) in [7, 11) is 0. The Labute approximate surface area is 187 Å². The first-order chi connectivity index (χ1) is 12.6. The third-order valence-corrected chi connectivity index (χ3v) is 6.13. The normalized spacial score (nSPS) is 12.8.